The van der Waals surface area contributed by atoms with Crippen molar-refractivity contribution in [1.82, 2.24) is 36.6 Å². The van der Waals surface area contributed by atoms with Gasteiger partial charge in [-0.3, -0.25) is 14.4 Å². The molecule has 0 saturated carbocycles. The minimum atomic E-state index is -1.51. The lowest BCUT2D eigenvalue weighted by atomic mass is 9.93. The van der Waals surface area contributed by atoms with Gasteiger partial charge in [0.25, 0.3) is 0 Å². The normalized spacial score (nSPS) is 13.8. The van der Waals surface area contributed by atoms with E-state index in [1.54, 1.807) is 21.0 Å². The molecule has 1 heterocycles. The molecule has 5 rings (SSSR count). The van der Waals surface area contributed by atoms with Crippen molar-refractivity contribution in [3.8, 4) is 5.75 Å². The Morgan fingerprint density at radius 1 is 0.683 bits per heavy atom. The van der Waals surface area contributed by atoms with E-state index in [0.717, 1.165) is 27.7 Å². The van der Waals surface area contributed by atoms with Crippen LogP contribution in [0.3, 0.4) is 0 Å². The third-order valence-corrected chi connectivity index (χ3v) is 10.1. The summed E-state index contributed by atoms with van der Waals surface area (Å²) in [5, 5.41) is 26.9. The van der Waals surface area contributed by atoms with E-state index in [4.69, 9.17) is 9.47 Å². The van der Waals surface area contributed by atoms with E-state index in [2.05, 4.69) is 36.6 Å². The Morgan fingerprint density at radius 2 is 1.28 bits per heavy atom. The molecule has 0 bridgehead atoms. The molecule has 0 saturated heterocycles. The number of fused-ring (bicyclic) bond motifs is 1. The first-order valence-corrected chi connectivity index (χ1v) is 20.3. The molecule has 0 spiro atoms. The summed E-state index contributed by atoms with van der Waals surface area (Å²) in [6.07, 6.45) is -1.64. The van der Waals surface area contributed by atoms with Crippen LogP contribution in [0, 0.1) is 11.8 Å². The monoisotopic (exact) mass is 819 g/mol. The highest BCUT2D eigenvalue weighted by atomic mass is 16.5. The van der Waals surface area contributed by atoms with Crippen molar-refractivity contribution in [3.05, 3.63) is 132 Å². The van der Waals surface area contributed by atoms with Gasteiger partial charge in [0, 0.05) is 6.54 Å². The van der Waals surface area contributed by atoms with Crippen LogP contribution in [0.1, 0.15) is 50.2 Å². The summed E-state index contributed by atoms with van der Waals surface area (Å²) in [7, 11) is 1.59. The molecule has 0 aliphatic heterocycles. The Morgan fingerprint density at radius 3 is 1.92 bits per heavy atom. The van der Waals surface area contributed by atoms with E-state index in [9.17, 15) is 24.3 Å². The molecule has 5 aromatic rings. The molecule has 318 valence electrons. The number of hydrogen-bond acceptors (Lipinski definition) is 9. The number of nitrogens with zero attached hydrogens (tertiary/aromatic N) is 1. The Kier molecular flexibility index (Phi) is 16.6. The number of aliphatic hydroxyl groups excluding tert-OH is 1. The molecule has 0 aliphatic rings. The van der Waals surface area contributed by atoms with Gasteiger partial charge in [-0.05, 0) is 65.6 Å². The van der Waals surface area contributed by atoms with Crippen LogP contribution in [0.2, 0.25) is 0 Å². The highest BCUT2D eigenvalue weighted by Crippen LogP contribution is 2.16. The van der Waals surface area contributed by atoms with Crippen molar-refractivity contribution in [1.29, 1.82) is 0 Å². The molecule has 7 N–H and O–H groups in total. The van der Waals surface area contributed by atoms with Crippen LogP contribution in [0.5, 0.6) is 5.75 Å². The fourth-order valence-electron chi connectivity index (χ4n) is 6.74. The molecule has 1 aromatic heterocycles. The van der Waals surface area contributed by atoms with Gasteiger partial charge in [-0.1, -0.05) is 113 Å². The predicted molar refractivity (Wildman–Crippen MR) is 230 cm³/mol. The van der Waals surface area contributed by atoms with Crippen molar-refractivity contribution in [2.75, 3.05) is 13.7 Å². The average molecular weight is 820 g/mol. The van der Waals surface area contributed by atoms with Crippen LogP contribution < -0.4 is 31.3 Å². The summed E-state index contributed by atoms with van der Waals surface area (Å²) in [6, 6.07) is 29.2. The fraction of sp³-hybridized carbons (Fsp3) is 0.370. The van der Waals surface area contributed by atoms with Crippen molar-refractivity contribution < 1.29 is 33.8 Å². The third-order valence-electron chi connectivity index (χ3n) is 10.1. The molecule has 60 heavy (non-hydrogen) atoms. The second kappa shape index (κ2) is 22.2. The maximum Gasteiger partial charge on any atom is 0.408 e. The number of amides is 4. The van der Waals surface area contributed by atoms with Crippen molar-refractivity contribution in [2.24, 2.45) is 11.8 Å². The van der Waals surface area contributed by atoms with E-state index in [1.165, 1.54) is 0 Å². The first kappa shape index (κ1) is 44.8. The number of imidazole rings is 1. The molecule has 0 aliphatic carbocycles. The topological polar surface area (TPSA) is 196 Å². The molecule has 14 heteroatoms. The number of aromatic amines is 1. The van der Waals surface area contributed by atoms with Gasteiger partial charge in [0.1, 0.15) is 36.3 Å². The molecular formula is C46H57N7O7. The molecule has 4 amide bonds. The smallest absolute Gasteiger partial charge is 0.408 e. The number of nitrogens with one attached hydrogen (secondary N) is 6. The van der Waals surface area contributed by atoms with Gasteiger partial charge >= 0.3 is 6.09 Å². The second-order valence-electron chi connectivity index (χ2n) is 15.4. The van der Waals surface area contributed by atoms with Gasteiger partial charge in [-0.25, -0.2) is 9.78 Å². The SMILES string of the molecule is COc1ccc(CCN[C@@H](C(=O)N[C@H](C(=O)NCc2nc3ccccc3[nH]2)C(C)C)[C@H](O)[C@H](Cc2ccccc2)NC(=O)[C@@H](NC(=O)OCc2ccccc2)C(C)C)cc1. The zero-order valence-corrected chi connectivity index (χ0v) is 34.8. The Labute approximate surface area is 351 Å². The average Bonchev–Trinajstić information content (AvgIpc) is 3.68. The van der Waals surface area contributed by atoms with Crippen molar-refractivity contribution in [2.45, 2.75) is 84.0 Å². The molecule has 4 aromatic carbocycles. The van der Waals surface area contributed by atoms with Crippen LogP contribution in [-0.4, -0.2) is 82.8 Å². The van der Waals surface area contributed by atoms with E-state index in [0.29, 0.717) is 18.0 Å². The minimum Gasteiger partial charge on any atom is -0.497 e. The summed E-state index contributed by atoms with van der Waals surface area (Å²) in [5.41, 5.74) is 4.14. The Balaban J connectivity index is 1.35. The molecule has 14 nitrogen and oxygen atoms in total. The number of methoxy groups -OCH3 is 1. The lowest BCUT2D eigenvalue weighted by molar-refractivity contribution is -0.134. The number of para-hydroxylation sites is 2. The molecule has 0 unspecified atom stereocenters. The van der Waals surface area contributed by atoms with E-state index in [-0.39, 0.29) is 38.0 Å². The van der Waals surface area contributed by atoms with Crippen LogP contribution in [0.4, 0.5) is 4.79 Å². The summed E-state index contributed by atoms with van der Waals surface area (Å²) >= 11 is 0. The number of alkyl carbamates (subject to hydrolysis) is 1. The van der Waals surface area contributed by atoms with Gasteiger partial charge in [0.2, 0.25) is 17.7 Å². The van der Waals surface area contributed by atoms with Crippen LogP contribution >= 0.6 is 0 Å². The Bertz CT molecular complexity index is 2090. The third kappa shape index (κ3) is 13.1. The van der Waals surface area contributed by atoms with E-state index in [1.807, 2.05) is 123 Å². The molecule has 5 atom stereocenters. The quantitative estimate of drug-likeness (QED) is 0.0555. The van der Waals surface area contributed by atoms with Crippen molar-refractivity contribution in [3.63, 3.8) is 0 Å². The number of rotatable bonds is 21. The largest absolute Gasteiger partial charge is 0.497 e. The molecule has 0 fully saturated rings. The van der Waals surface area contributed by atoms with Gasteiger partial charge in [-0.2, -0.15) is 0 Å². The number of benzene rings is 4. The zero-order valence-electron chi connectivity index (χ0n) is 34.8. The molecule has 0 radical (unpaired) electrons. The van der Waals surface area contributed by atoms with Crippen LogP contribution in [-0.2, 0) is 45.1 Å². The summed E-state index contributed by atoms with van der Waals surface area (Å²) in [6.45, 7) is 7.59. The number of ether oxygens (including phenoxy) is 2. The number of aromatic nitrogens is 2. The van der Waals surface area contributed by atoms with Gasteiger partial charge in [0.05, 0.1) is 36.8 Å². The lowest BCUT2D eigenvalue weighted by Crippen LogP contribution is -2.63. The first-order valence-electron chi connectivity index (χ1n) is 20.3. The number of H-pyrrole nitrogens is 1. The lowest BCUT2D eigenvalue weighted by Gasteiger charge is -2.33. The number of aliphatic hydroxyl groups is 1. The van der Waals surface area contributed by atoms with Crippen LogP contribution in [0.15, 0.2) is 109 Å². The minimum absolute atomic E-state index is 0.0166. The maximum atomic E-state index is 14.4. The number of hydrogen-bond donors (Lipinski definition) is 7. The number of carbonyl (C=O) groups is 4. The highest BCUT2D eigenvalue weighted by molar-refractivity contribution is 5.91. The van der Waals surface area contributed by atoms with E-state index < -0.39 is 54.1 Å². The number of carbonyl (C=O) groups excluding carboxylic acids is 4. The second-order valence-corrected chi connectivity index (χ2v) is 15.4. The Hall–Kier alpha value is -6.25. The van der Waals surface area contributed by atoms with Gasteiger partial charge in [0.15, 0.2) is 0 Å². The van der Waals surface area contributed by atoms with Crippen molar-refractivity contribution >= 4 is 34.8 Å². The zero-order chi connectivity index (χ0) is 43.0. The first-order chi connectivity index (χ1) is 28.9. The van der Waals surface area contributed by atoms with Crippen LogP contribution in [0.25, 0.3) is 11.0 Å². The summed E-state index contributed by atoms with van der Waals surface area (Å²) in [5.74, 6) is -1.06. The fourth-order valence-corrected chi connectivity index (χ4v) is 6.74. The maximum absolute atomic E-state index is 14.4. The molecular weight excluding hydrogens is 763 g/mol. The van der Waals surface area contributed by atoms with Gasteiger partial charge < -0.3 is 46.1 Å². The summed E-state index contributed by atoms with van der Waals surface area (Å²) in [4.78, 5) is 62.8. The standard InChI is InChI=1S/C46H57N7O7/c1-29(2)39(43(55)48-27-38-49-35-18-12-13-19-36(35)50-38)52-45(57)41(47-25-24-31-20-22-34(59-5)23-21-31)42(54)37(26-32-14-8-6-9-15-32)51-44(56)40(30(3)4)53-46(58)60-28-33-16-10-7-11-17-33/h6-23,29-30,37,39-42,47,54H,24-28H2,1-5H3,(H,48,55)(H,49,50)(H,51,56)(H,52,57)(H,53,58)/t37-,39-,40-,41+,42+/m0/s1. The highest BCUT2D eigenvalue weighted by Gasteiger charge is 2.38. The predicted octanol–water partition coefficient (Wildman–Crippen LogP) is 4.57. The van der Waals surface area contributed by atoms with E-state index >= 15 is 0 Å². The summed E-state index contributed by atoms with van der Waals surface area (Å²) < 4.78 is 10.7. The van der Waals surface area contributed by atoms with Gasteiger partial charge in [-0.15, -0.1) is 0 Å².